The summed E-state index contributed by atoms with van der Waals surface area (Å²) >= 11 is 0. The van der Waals surface area contributed by atoms with Crippen LogP contribution in [0.15, 0.2) is 29.2 Å². The Morgan fingerprint density at radius 2 is 1.96 bits per heavy atom. The predicted octanol–water partition coefficient (Wildman–Crippen LogP) is 2.92. The second-order valence-corrected chi connectivity index (χ2v) is 8.45. The quantitative estimate of drug-likeness (QED) is 0.716. The van der Waals surface area contributed by atoms with Gasteiger partial charge in [0.15, 0.2) is 0 Å². The maximum Gasteiger partial charge on any atom is 0.243 e. The first-order valence-electron chi connectivity index (χ1n) is 8.98. The highest BCUT2D eigenvalue weighted by Crippen LogP contribution is 2.24. The standard InChI is InChI=1S/C18H27FN2O3S/c1-2-3-4-5-12-20-18(22)15-7-6-13-21(14-15)25(23,24)17-10-8-16(19)9-11-17/h8-11,15H,2-7,12-14H2,1H3,(H,20,22). The van der Waals surface area contributed by atoms with Gasteiger partial charge < -0.3 is 5.32 Å². The Balaban J connectivity index is 1.93. The summed E-state index contributed by atoms with van der Waals surface area (Å²) < 4.78 is 39.7. The molecule has 1 atom stereocenters. The summed E-state index contributed by atoms with van der Waals surface area (Å²) in [6.45, 7) is 3.34. The number of rotatable bonds is 8. The molecule has 1 aliphatic rings. The summed E-state index contributed by atoms with van der Waals surface area (Å²) in [4.78, 5) is 12.4. The lowest BCUT2D eigenvalue weighted by Gasteiger charge is -2.31. The number of sulfonamides is 1. The van der Waals surface area contributed by atoms with Crippen molar-refractivity contribution >= 4 is 15.9 Å². The summed E-state index contributed by atoms with van der Waals surface area (Å²) in [6.07, 6.45) is 5.68. The van der Waals surface area contributed by atoms with Crippen molar-refractivity contribution in [3.63, 3.8) is 0 Å². The lowest BCUT2D eigenvalue weighted by Crippen LogP contribution is -2.45. The Morgan fingerprint density at radius 1 is 1.24 bits per heavy atom. The van der Waals surface area contributed by atoms with Crippen LogP contribution in [0.2, 0.25) is 0 Å². The Bertz CT molecular complexity index is 661. The van der Waals surface area contributed by atoms with Crippen molar-refractivity contribution in [1.29, 1.82) is 0 Å². The molecule has 1 N–H and O–H groups in total. The number of carbonyl (C=O) groups excluding carboxylic acids is 1. The molecule has 2 rings (SSSR count). The number of carbonyl (C=O) groups is 1. The Hall–Kier alpha value is -1.47. The van der Waals surface area contributed by atoms with Gasteiger partial charge in [-0.3, -0.25) is 4.79 Å². The number of piperidine rings is 1. The van der Waals surface area contributed by atoms with E-state index >= 15 is 0 Å². The van der Waals surface area contributed by atoms with E-state index in [1.165, 1.54) is 16.4 Å². The summed E-state index contributed by atoms with van der Waals surface area (Å²) in [7, 11) is -3.69. The molecular weight excluding hydrogens is 343 g/mol. The Morgan fingerprint density at radius 3 is 2.64 bits per heavy atom. The maximum absolute atomic E-state index is 13.0. The molecule has 0 bridgehead atoms. The van der Waals surface area contributed by atoms with E-state index in [4.69, 9.17) is 0 Å². The predicted molar refractivity (Wildman–Crippen MR) is 95.0 cm³/mol. The highest BCUT2D eigenvalue weighted by atomic mass is 32.2. The van der Waals surface area contributed by atoms with Gasteiger partial charge in [-0.25, -0.2) is 12.8 Å². The van der Waals surface area contributed by atoms with Crippen molar-refractivity contribution in [2.75, 3.05) is 19.6 Å². The molecule has 1 amide bonds. The van der Waals surface area contributed by atoms with Crippen LogP contribution in [0.1, 0.15) is 45.4 Å². The van der Waals surface area contributed by atoms with Gasteiger partial charge in [-0.15, -0.1) is 0 Å². The molecule has 1 aromatic rings. The Kier molecular flexibility index (Phi) is 7.38. The van der Waals surface area contributed by atoms with E-state index < -0.39 is 15.8 Å². The van der Waals surface area contributed by atoms with Gasteiger partial charge in [-0.1, -0.05) is 26.2 Å². The minimum atomic E-state index is -3.69. The number of hydrogen-bond donors (Lipinski definition) is 1. The lowest BCUT2D eigenvalue weighted by atomic mass is 9.99. The van der Waals surface area contributed by atoms with Gasteiger partial charge in [0, 0.05) is 19.6 Å². The minimum Gasteiger partial charge on any atom is -0.356 e. The molecule has 1 aliphatic heterocycles. The number of nitrogens with one attached hydrogen (secondary N) is 1. The molecular formula is C18H27FN2O3S. The zero-order valence-electron chi connectivity index (χ0n) is 14.7. The first kappa shape index (κ1) is 19.8. The molecule has 0 spiro atoms. The van der Waals surface area contributed by atoms with Crippen molar-refractivity contribution in [1.82, 2.24) is 9.62 Å². The zero-order chi connectivity index (χ0) is 18.3. The molecule has 1 unspecified atom stereocenters. The number of hydrogen-bond acceptors (Lipinski definition) is 3. The summed E-state index contributed by atoms with van der Waals surface area (Å²) in [5.41, 5.74) is 0. The monoisotopic (exact) mass is 370 g/mol. The van der Waals surface area contributed by atoms with Crippen molar-refractivity contribution in [2.45, 2.75) is 50.3 Å². The van der Waals surface area contributed by atoms with E-state index in [1.807, 2.05) is 0 Å². The molecule has 1 saturated heterocycles. The smallest absolute Gasteiger partial charge is 0.243 e. The van der Waals surface area contributed by atoms with Gasteiger partial charge in [-0.2, -0.15) is 4.31 Å². The van der Waals surface area contributed by atoms with E-state index in [0.717, 1.165) is 37.8 Å². The van der Waals surface area contributed by atoms with Crippen LogP contribution in [-0.4, -0.2) is 38.3 Å². The summed E-state index contributed by atoms with van der Waals surface area (Å²) in [5, 5.41) is 2.92. The van der Waals surface area contributed by atoms with Gasteiger partial charge in [0.2, 0.25) is 15.9 Å². The molecule has 0 radical (unpaired) electrons. The third-order valence-corrected chi connectivity index (χ3v) is 6.42. The van der Waals surface area contributed by atoms with Gasteiger partial charge in [0.05, 0.1) is 10.8 Å². The number of unbranched alkanes of at least 4 members (excludes halogenated alkanes) is 3. The second kappa shape index (κ2) is 9.29. The fourth-order valence-corrected chi connectivity index (χ4v) is 4.56. The van der Waals surface area contributed by atoms with Gasteiger partial charge in [0.25, 0.3) is 0 Å². The van der Waals surface area contributed by atoms with Crippen LogP contribution in [0.3, 0.4) is 0 Å². The van der Waals surface area contributed by atoms with Crippen LogP contribution in [-0.2, 0) is 14.8 Å². The molecule has 1 fully saturated rings. The Labute approximate surface area is 149 Å². The number of halogens is 1. The first-order chi connectivity index (χ1) is 11.9. The number of benzene rings is 1. The van der Waals surface area contributed by atoms with E-state index in [9.17, 15) is 17.6 Å². The summed E-state index contributed by atoms with van der Waals surface area (Å²) in [6, 6.07) is 4.80. The topological polar surface area (TPSA) is 66.5 Å². The number of nitrogens with zero attached hydrogens (tertiary/aromatic N) is 1. The largest absolute Gasteiger partial charge is 0.356 e. The molecule has 1 aromatic carbocycles. The molecule has 1 heterocycles. The summed E-state index contributed by atoms with van der Waals surface area (Å²) in [5.74, 6) is -0.872. The highest BCUT2D eigenvalue weighted by Gasteiger charge is 2.33. The minimum absolute atomic E-state index is 0.0644. The van der Waals surface area contributed by atoms with E-state index in [2.05, 4.69) is 12.2 Å². The first-order valence-corrected chi connectivity index (χ1v) is 10.4. The van der Waals surface area contributed by atoms with Crippen molar-refractivity contribution in [2.24, 2.45) is 5.92 Å². The fourth-order valence-electron chi connectivity index (χ4n) is 3.04. The van der Waals surface area contributed by atoms with Crippen LogP contribution in [0.5, 0.6) is 0 Å². The highest BCUT2D eigenvalue weighted by molar-refractivity contribution is 7.89. The van der Waals surface area contributed by atoms with Crippen LogP contribution in [0, 0.1) is 11.7 Å². The van der Waals surface area contributed by atoms with E-state index in [0.29, 0.717) is 25.9 Å². The second-order valence-electron chi connectivity index (χ2n) is 6.51. The molecule has 25 heavy (non-hydrogen) atoms. The van der Waals surface area contributed by atoms with Gasteiger partial charge >= 0.3 is 0 Å². The maximum atomic E-state index is 13.0. The average molecular weight is 370 g/mol. The van der Waals surface area contributed by atoms with Crippen molar-refractivity contribution in [3.8, 4) is 0 Å². The zero-order valence-corrected chi connectivity index (χ0v) is 15.5. The molecule has 7 heteroatoms. The molecule has 0 aromatic heterocycles. The van der Waals surface area contributed by atoms with Crippen molar-refractivity contribution < 1.29 is 17.6 Å². The van der Waals surface area contributed by atoms with E-state index in [1.54, 1.807) is 0 Å². The fraction of sp³-hybridized carbons (Fsp3) is 0.611. The van der Waals surface area contributed by atoms with Crippen LogP contribution >= 0.6 is 0 Å². The van der Waals surface area contributed by atoms with Crippen molar-refractivity contribution in [3.05, 3.63) is 30.1 Å². The normalized spacial score (nSPS) is 18.9. The molecule has 140 valence electrons. The SMILES string of the molecule is CCCCCCNC(=O)C1CCCN(S(=O)(=O)c2ccc(F)cc2)C1. The number of amides is 1. The van der Waals surface area contributed by atoms with Gasteiger partial charge in [-0.05, 0) is 43.5 Å². The molecule has 0 aliphatic carbocycles. The van der Waals surface area contributed by atoms with E-state index in [-0.39, 0.29) is 23.3 Å². The molecule has 0 saturated carbocycles. The third kappa shape index (κ3) is 5.51. The average Bonchev–Trinajstić information content (AvgIpc) is 2.62. The van der Waals surface area contributed by atoms with Crippen LogP contribution < -0.4 is 5.32 Å². The third-order valence-electron chi connectivity index (χ3n) is 4.54. The van der Waals surface area contributed by atoms with Crippen LogP contribution in [0.4, 0.5) is 4.39 Å². The van der Waals surface area contributed by atoms with Gasteiger partial charge in [0.1, 0.15) is 5.82 Å². The van der Waals surface area contributed by atoms with Crippen LogP contribution in [0.25, 0.3) is 0 Å². The lowest BCUT2D eigenvalue weighted by molar-refractivity contribution is -0.126. The molecule has 5 nitrogen and oxygen atoms in total.